The molecular formula is C23H31N3O2S. The number of rotatable bonds is 5. The van der Waals surface area contributed by atoms with Crippen molar-refractivity contribution >= 4 is 28.3 Å². The zero-order valence-electron chi connectivity index (χ0n) is 17.7. The fourth-order valence-electron chi connectivity index (χ4n) is 3.91. The van der Waals surface area contributed by atoms with Crippen LogP contribution in [-0.4, -0.2) is 16.8 Å². The molecule has 0 spiro atoms. The molecule has 0 radical (unpaired) electrons. The number of carbonyl (C=O) groups excluding carboxylic acids is 2. The van der Waals surface area contributed by atoms with Crippen molar-refractivity contribution in [1.29, 1.82) is 0 Å². The van der Waals surface area contributed by atoms with E-state index in [9.17, 15) is 9.59 Å². The minimum absolute atomic E-state index is 0.0409. The number of aromatic nitrogens is 1. The predicted molar refractivity (Wildman–Crippen MR) is 119 cm³/mol. The van der Waals surface area contributed by atoms with Crippen LogP contribution in [0.4, 0.5) is 5.13 Å². The molecule has 0 aliphatic heterocycles. The Bertz CT molecular complexity index is 844. The molecule has 156 valence electrons. The highest BCUT2D eigenvalue weighted by Gasteiger charge is 2.32. The van der Waals surface area contributed by atoms with Crippen LogP contribution < -0.4 is 10.6 Å². The van der Waals surface area contributed by atoms with Gasteiger partial charge in [0.25, 0.3) is 0 Å². The zero-order chi connectivity index (χ0) is 21.0. The molecule has 5 nitrogen and oxygen atoms in total. The monoisotopic (exact) mass is 413 g/mol. The Balaban J connectivity index is 1.55. The first kappa shape index (κ1) is 21.5. The van der Waals surface area contributed by atoms with Crippen molar-refractivity contribution in [3.05, 3.63) is 35.2 Å². The molecule has 0 atom stereocenters. The normalized spacial score (nSPS) is 19.6. The molecule has 29 heavy (non-hydrogen) atoms. The lowest BCUT2D eigenvalue weighted by Crippen LogP contribution is -2.31. The van der Waals surface area contributed by atoms with Crippen molar-refractivity contribution in [2.45, 2.75) is 59.9 Å². The average Bonchev–Trinajstić information content (AvgIpc) is 3.14. The van der Waals surface area contributed by atoms with Crippen LogP contribution in [0.15, 0.2) is 29.6 Å². The summed E-state index contributed by atoms with van der Waals surface area (Å²) in [7, 11) is 0. The van der Waals surface area contributed by atoms with Gasteiger partial charge in [-0.15, -0.1) is 11.3 Å². The van der Waals surface area contributed by atoms with Crippen molar-refractivity contribution < 1.29 is 9.59 Å². The minimum Gasteiger partial charge on any atom is -0.352 e. The quantitative estimate of drug-likeness (QED) is 0.704. The maximum Gasteiger partial charge on any atom is 0.229 e. The van der Waals surface area contributed by atoms with Crippen LogP contribution in [0.25, 0.3) is 11.3 Å². The maximum absolute atomic E-state index is 12.7. The molecule has 3 rings (SSSR count). The van der Waals surface area contributed by atoms with Gasteiger partial charge in [0.2, 0.25) is 11.8 Å². The summed E-state index contributed by atoms with van der Waals surface area (Å²) in [5.41, 5.74) is 3.22. The third kappa shape index (κ3) is 5.89. The van der Waals surface area contributed by atoms with E-state index >= 15 is 0 Å². The Labute approximate surface area is 177 Å². The maximum atomic E-state index is 12.7. The lowest BCUT2D eigenvalue weighted by Gasteiger charge is -2.36. The van der Waals surface area contributed by atoms with Gasteiger partial charge >= 0.3 is 0 Å². The highest BCUT2D eigenvalue weighted by molar-refractivity contribution is 7.14. The third-order valence-corrected chi connectivity index (χ3v) is 6.61. The summed E-state index contributed by atoms with van der Waals surface area (Å²) in [5.74, 6) is 0.852. The van der Waals surface area contributed by atoms with Gasteiger partial charge in [-0.2, -0.15) is 0 Å². The third-order valence-electron chi connectivity index (χ3n) is 5.85. The van der Waals surface area contributed by atoms with E-state index in [1.807, 2.05) is 29.6 Å². The lowest BCUT2D eigenvalue weighted by molar-refractivity contribution is -0.121. The Morgan fingerprint density at radius 2 is 1.76 bits per heavy atom. The molecule has 1 aliphatic rings. The van der Waals surface area contributed by atoms with E-state index in [1.165, 1.54) is 18.3 Å². The van der Waals surface area contributed by atoms with Crippen LogP contribution in [0.1, 0.15) is 58.9 Å². The van der Waals surface area contributed by atoms with Gasteiger partial charge in [0.1, 0.15) is 0 Å². The molecule has 2 N–H and O–H groups in total. The smallest absolute Gasteiger partial charge is 0.229 e. The fraction of sp³-hybridized carbons (Fsp3) is 0.522. The molecule has 1 aromatic carbocycles. The summed E-state index contributed by atoms with van der Waals surface area (Å²) in [5, 5.41) is 8.43. The second kappa shape index (κ2) is 9.08. The Hall–Kier alpha value is -2.21. The van der Waals surface area contributed by atoms with Gasteiger partial charge in [0, 0.05) is 30.3 Å². The van der Waals surface area contributed by atoms with Crippen molar-refractivity contribution in [2.24, 2.45) is 17.3 Å². The van der Waals surface area contributed by atoms with E-state index in [-0.39, 0.29) is 17.7 Å². The number of thiazole rings is 1. The van der Waals surface area contributed by atoms with E-state index < -0.39 is 0 Å². The molecule has 0 saturated heterocycles. The van der Waals surface area contributed by atoms with Gasteiger partial charge in [-0.1, -0.05) is 45.0 Å². The molecule has 0 unspecified atom stereocenters. The molecule has 6 heteroatoms. The molecule has 0 bridgehead atoms. The summed E-state index contributed by atoms with van der Waals surface area (Å²) >= 11 is 1.46. The van der Waals surface area contributed by atoms with E-state index in [0.29, 0.717) is 23.0 Å². The van der Waals surface area contributed by atoms with Gasteiger partial charge in [-0.3, -0.25) is 9.59 Å². The summed E-state index contributed by atoms with van der Waals surface area (Å²) < 4.78 is 0. The number of benzene rings is 1. The van der Waals surface area contributed by atoms with Crippen molar-refractivity contribution in [1.82, 2.24) is 10.3 Å². The molecule has 1 aliphatic carbocycles. The topological polar surface area (TPSA) is 71.1 Å². The van der Waals surface area contributed by atoms with Crippen LogP contribution in [0.5, 0.6) is 0 Å². The summed E-state index contributed by atoms with van der Waals surface area (Å²) in [6.45, 7) is 8.91. The van der Waals surface area contributed by atoms with E-state index in [1.54, 1.807) is 0 Å². The molecule has 1 saturated carbocycles. The van der Waals surface area contributed by atoms with Crippen molar-refractivity contribution in [3.63, 3.8) is 0 Å². The number of amides is 2. The summed E-state index contributed by atoms with van der Waals surface area (Å²) in [6, 6.07) is 7.95. The van der Waals surface area contributed by atoms with E-state index in [0.717, 1.165) is 42.5 Å². The van der Waals surface area contributed by atoms with Crippen molar-refractivity contribution in [3.8, 4) is 11.3 Å². The second-order valence-electron chi connectivity index (χ2n) is 9.05. The number of nitrogens with one attached hydrogen (secondary N) is 2. The number of hydrogen-bond donors (Lipinski definition) is 2. The van der Waals surface area contributed by atoms with Gasteiger partial charge in [0.15, 0.2) is 5.13 Å². The predicted octanol–water partition coefficient (Wildman–Crippen LogP) is 5.24. The summed E-state index contributed by atoms with van der Waals surface area (Å²) in [4.78, 5) is 28.3. The minimum atomic E-state index is -0.0409. The highest BCUT2D eigenvalue weighted by Crippen LogP contribution is 2.40. The van der Waals surface area contributed by atoms with Crippen LogP contribution in [0.3, 0.4) is 0 Å². The first-order valence-corrected chi connectivity index (χ1v) is 11.2. The zero-order valence-corrected chi connectivity index (χ0v) is 18.6. The highest BCUT2D eigenvalue weighted by atomic mass is 32.1. The Kier molecular flexibility index (Phi) is 6.73. The number of carbonyl (C=O) groups is 2. The van der Waals surface area contributed by atoms with Crippen LogP contribution in [-0.2, 0) is 16.1 Å². The Morgan fingerprint density at radius 3 is 2.34 bits per heavy atom. The first-order valence-electron chi connectivity index (χ1n) is 10.3. The van der Waals surface area contributed by atoms with Gasteiger partial charge < -0.3 is 10.6 Å². The molecule has 1 aromatic heterocycles. The lowest BCUT2D eigenvalue weighted by atomic mass is 9.70. The van der Waals surface area contributed by atoms with Gasteiger partial charge in [-0.05, 0) is 42.6 Å². The SMILES string of the molecule is CC(=O)NCc1ccc(-c2csc(NC(=O)C3CCC(C(C)(C)C)CC3)n2)cc1. The van der Waals surface area contributed by atoms with Gasteiger partial charge in [-0.25, -0.2) is 4.98 Å². The van der Waals surface area contributed by atoms with Crippen LogP contribution >= 0.6 is 11.3 Å². The number of hydrogen-bond acceptors (Lipinski definition) is 4. The fourth-order valence-corrected chi connectivity index (χ4v) is 4.64. The van der Waals surface area contributed by atoms with E-state index in [2.05, 4.69) is 36.4 Å². The van der Waals surface area contributed by atoms with Gasteiger partial charge in [0.05, 0.1) is 5.69 Å². The molecule has 1 fully saturated rings. The van der Waals surface area contributed by atoms with Crippen molar-refractivity contribution in [2.75, 3.05) is 5.32 Å². The largest absolute Gasteiger partial charge is 0.352 e. The first-order chi connectivity index (χ1) is 13.7. The number of nitrogens with zero attached hydrogens (tertiary/aromatic N) is 1. The molecule has 2 aromatic rings. The average molecular weight is 414 g/mol. The van der Waals surface area contributed by atoms with Crippen LogP contribution in [0, 0.1) is 17.3 Å². The number of anilines is 1. The second-order valence-corrected chi connectivity index (χ2v) is 9.91. The summed E-state index contributed by atoms with van der Waals surface area (Å²) in [6.07, 6.45) is 4.16. The van der Waals surface area contributed by atoms with Crippen LogP contribution in [0.2, 0.25) is 0 Å². The molecule has 2 amide bonds. The Morgan fingerprint density at radius 1 is 1.10 bits per heavy atom. The van der Waals surface area contributed by atoms with E-state index in [4.69, 9.17) is 0 Å². The molecular weight excluding hydrogens is 382 g/mol. The standard InChI is InChI=1S/C23H31N3O2S/c1-15(27)24-13-16-5-7-17(8-6-16)20-14-29-22(25-20)26-21(28)18-9-11-19(12-10-18)23(2,3)4/h5-8,14,18-19H,9-13H2,1-4H3,(H,24,27)(H,25,26,28). The molecule has 1 heterocycles.